The molecule has 0 unspecified atom stereocenters. The van der Waals surface area contributed by atoms with E-state index in [1.54, 1.807) is 12.3 Å². The molecule has 6 nitrogen and oxygen atoms in total. The Kier molecular flexibility index (Phi) is 8.18. The van der Waals surface area contributed by atoms with Crippen molar-refractivity contribution in [1.82, 2.24) is 9.88 Å². The van der Waals surface area contributed by atoms with Gasteiger partial charge in [0.25, 0.3) is 0 Å². The van der Waals surface area contributed by atoms with Gasteiger partial charge in [-0.25, -0.2) is 4.79 Å². The lowest BCUT2D eigenvalue weighted by Crippen LogP contribution is -2.42. The molecule has 0 aliphatic carbocycles. The van der Waals surface area contributed by atoms with Gasteiger partial charge in [-0.1, -0.05) is 48.0 Å². The molecule has 0 saturated carbocycles. The lowest BCUT2D eigenvalue weighted by Gasteiger charge is -2.38. The molecule has 1 aliphatic rings. The van der Waals surface area contributed by atoms with E-state index in [1.807, 2.05) is 60.8 Å². The fourth-order valence-electron chi connectivity index (χ4n) is 4.41. The van der Waals surface area contributed by atoms with E-state index in [2.05, 4.69) is 16.0 Å². The van der Waals surface area contributed by atoms with E-state index < -0.39 is 11.6 Å². The highest BCUT2D eigenvalue weighted by molar-refractivity contribution is 6.30. The lowest BCUT2D eigenvalue weighted by atomic mass is 9.84. The van der Waals surface area contributed by atoms with E-state index in [-0.39, 0.29) is 6.61 Å². The highest BCUT2D eigenvalue weighted by Crippen LogP contribution is 2.33. The lowest BCUT2D eigenvalue weighted by molar-refractivity contribution is -0.139. The molecule has 0 radical (unpaired) electrons. The van der Waals surface area contributed by atoms with Gasteiger partial charge in [-0.2, -0.15) is 0 Å². The molecule has 4 rings (SSSR count). The summed E-state index contributed by atoms with van der Waals surface area (Å²) in [6.45, 7) is 2.11. The number of carboxylic acid groups (broad SMARTS) is 1. The molecule has 7 heteroatoms. The second kappa shape index (κ2) is 11.5. The predicted octanol–water partition coefficient (Wildman–Crippen LogP) is 5.00. The molecular weight excluding hydrogens is 464 g/mol. The van der Waals surface area contributed by atoms with Gasteiger partial charge in [-0.15, -0.1) is 0 Å². The van der Waals surface area contributed by atoms with Crippen LogP contribution in [0.3, 0.4) is 0 Å². The standard InChI is InChI=1S/C28H29ClN2O4/c29-24-10-8-23(9-11-24)28(34)12-16-31(17-13-28)15-3-7-26(22-5-2-14-30-19-22)21-4-1-6-25(18-21)35-20-27(32)33/h1-2,4-11,14,18-19,34H,3,12-13,15-17,20H2,(H,32,33)/b26-7-. The van der Waals surface area contributed by atoms with Crippen molar-refractivity contribution in [1.29, 1.82) is 0 Å². The van der Waals surface area contributed by atoms with Gasteiger partial charge in [0.05, 0.1) is 5.60 Å². The maximum Gasteiger partial charge on any atom is 0.341 e. The van der Waals surface area contributed by atoms with E-state index in [1.165, 1.54) is 0 Å². The molecule has 2 heterocycles. The van der Waals surface area contributed by atoms with Gasteiger partial charge in [0, 0.05) is 42.6 Å². The number of aliphatic carboxylic acids is 1. The minimum atomic E-state index is -1.01. The molecule has 0 atom stereocenters. The van der Waals surface area contributed by atoms with Crippen LogP contribution in [0.15, 0.2) is 79.1 Å². The molecule has 2 aromatic carbocycles. The molecule has 0 bridgehead atoms. The van der Waals surface area contributed by atoms with E-state index >= 15 is 0 Å². The van der Waals surface area contributed by atoms with Gasteiger partial charge in [0.15, 0.2) is 6.61 Å². The molecular formula is C28H29ClN2O4. The van der Waals surface area contributed by atoms with Crippen LogP contribution >= 0.6 is 11.6 Å². The maximum atomic E-state index is 11.1. The summed E-state index contributed by atoms with van der Waals surface area (Å²) in [5, 5.41) is 20.7. The normalized spacial score (nSPS) is 16.1. The zero-order valence-corrected chi connectivity index (χ0v) is 20.2. The predicted molar refractivity (Wildman–Crippen MR) is 137 cm³/mol. The number of halogens is 1. The first-order chi connectivity index (χ1) is 16.9. The first-order valence-corrected chi connectivity index (χ1v) is 12.1. The minimum Gasteiger partial charge on any atom is -0.482 e. The number of aromatic nitrogens is 1. The Hall–Kier alpha value is -3.19. The average molecular weight is 493 g/mol. The molecule has 2 N–H and O–H groups in total. The SMILES string of the molecule is O=C(O)COc1cccc(/C(=C/CCN2CCC(O)(c3ccc(Cl)cc3)CC2)c2cccnc2)c1. The number of pyridine rings is 1. The molecule has 1 fully saturated rings. The van der Waals surface area contributed by atoms with Crippen LogP contribution in [0.5, 0.6) is 5.75 Å². The summed E-state index contributed by atoms with van der Waals surface area (Å²) in [7, 11) is 0. The Morgan fingerprint density at radius 3 is 2.51 bits per heavy atom. The van der Waals surface area contributed by atoms with Crippen molar-refractivity contribution in [3.05, 3.63) is 101 Å². The number of hydrogen-bond donors (Lipinski definition) is 2. The fraction of sp³-hybridized carbons (Fsp3) is 0.286. The summed E-state index contributed by atoms with van der Waals surface area (Å²) < 4.78 is 5.37. The molecule has 3 aromatic rings. The molecule has 1 aromatic heterocycles. The molecule has 0 spiro atoms. The Labute approximate surface area is 210 Å². The third-order valence-electron chi connectivity index (χ3n) is 6.34. The Bertz CT molecular complexity index is 1160. The van der Waals surface area contributed by atoms with Crippen LogP contribution in [0, 0.1) is 0 Å². The van der Waals surface area contributed by atoms with E-state index in [9.17, 15) is 9.90 Å². The van der Waals surface area contributed by atoms with E-state index in [4.69, 9.17) is 21.4 Å². The van der Waals surface area contributed by atoms with Crippen molar-refractivity contribution >= 4 is 23.1 Å². The summed E-state index contributed by atoms with van der Waals surface area (Å²) in [5.41, 5.74) is 3.06. The van der Waals surface area contributed by atoms with Gasteiger partial charge in [0.2, 0.25) is 0 Å². The van der Waals surface area contributed by atoms with Crippen LogP contribution in [-0.4, -0.2) is 52.3 Å². The topological polar surface area (TPSA) is 82.9 Å². The van der Waals surface area contributed by atoms with Crippen LogP contribution in [0.2, 0.25) is 5.02 Å². The summed E-state index contributed by atoms with van der Waals surface area (Å²) in [6.07, 6.45) is 7.93. The number of rotatable bonds is 9. The van der Waals surface area contributed by atoms with Crippen molar-refractivity contribution in [3.8, 4) is 5.75 Å². The number of ether oxygens (including phenoxy) is 1. The number of hydrogen-bond acceptors (Lipinski definition) is 5. The fourth-order valence-corrected chi connectivity index (χ4v) is 4.54. The molecule has 1 aliphatic heterocycles. The number of aliphatic hydroxyl groups is 1. The summed E-state index contributed by atoms with van der Waals surface area (Å²) >= 11 is 6.00. The average Bonchev–Trinajstić information content (AvgIpc) is 2.87. The van der Waals surface area contributed by atoms with Crippen LogP contribution in [0.4, 0.5) is 0 Å². The molecule has 1 saturated heterocycles. The van der Waals surface area contributed by atoms with Crippen molar-refractivity contribution < 1.29 is 19.7 Å². The summed E-state index contributed by atoms with van der Waals surface area (Å²) in [6, 6.07) is 18.8. The zero-order valence-electron chi connectivity index (χ0n) is 19.4. The Balaban J connectivity index is 1.43. The van der Waals surface area contributed by atoms with Crippen molar-refractivity contribution in [3.63, 3.8) is 0 Å². The Morgan fingerprint density at radius 1 is 1.09 bits per heavy atom. The monoisotopic (exact) mass is 492 g/mol. The largest absolute Gasteiger partial charge is 0.482 e. The van der Waals surface area contributed by atoms with Crippen LogP contribution in [-0.2, 0) is 10.4 Å². The number of piperidine rings is 1. The molecule has 0 amide bonds. The second-order valence-corrected chi connectivity index (χ2v) is 9.17. The third kappa shape index (κ3) is 6.69. The van der Waals surface area contributed by atoms with Gasteiger partial charge in [0.1, 0.15) is 5.75 Å². The second-order valence-electron chi connectivity index (χ2n) is 8.74. The number of benzene rings is 2. The van der Waals surface area contributed by atoms with Gasteiger partial charge in [-0.3, -0.25) is 4.98 Å². The van der Waals surface area contributed by atoms with Crippen LogP contribution in [0.1, 0.15) is 36.0 Å². The summed E-state index contributed by atoms with van der Waals surface area (Å²) in [5.74, 6) is -0.500. The van der Waals surface area contributed by atoms with Crippen LogP contribution in [0.25, 0.3) is 5.57 Å². The number of likely N-dealkylation sites (tertiary alicyclic amines) is 1. The van der Waals surface area contributed by atoms with E-state index in [0.29, 0.717) is 23.6 Å². The van der Waals surface area contributed by atoms with E-state index in [0.717, 1.165) is 48.3 Å². The maximum absolute atomic E-state index is 11.1. The Morgan fingerprint density at radius 2 is 1.83 bits per heavy atom. The number of nitrogens with zero attached hydrogens (tertiary/aromatic N) is 2. The molecule has 182 valence electrons. The third-order valence-corrected chi connectivity index (χ3v) is 6.59. The number of carboxylic acids is 1. The number of carbonyl (C=O) groups is 1. The highest BCUT2D eigenvalue weighted by atomic mass is 35.5. The van der Waals surface area contributed by atoms with Crippen molar-refractivity contribution in [2.24, 2.45) is 0 Å². The minimum absolute atomic E-state index is 0.382. The zero-order chi connectivity index (χ0) is 24.7. The first kappa shape index (κ1) is 24.9. The van der Waals surface area contributed by atoms with Crippen molar-refractivity contribution in [2.75, 3.05) is 26.2 Å². The summed E-state index contributed by atoms with van der Waals surface area (Å²) in [4.78, 5) is 17.5. The quantitative estimate of drug-likeness (QED) is 0.437. The van der Waals surface area contributed by atoms with Crippen molar-refractivity contribution in [2.45, 2.75) is 24.9 Å². The first-order valence-electron chi connectivity index (χ1n) is 11.7. The van der Waals surface area contributed by atoms with Gasteiger partial charge < -0.3 is 19.8 Å². The highest BCUT2D eigenvalue weighted by Gasteiger charge is 2.33. The molecule has 35 heavy (non-hydrogen) atoms. The van der Waals surface area contributed by atoms with Gasteiger partial charge >= 0.3 is 5.97 Å². The van der Waals surface area contributed by atoms with Gasteiger partial charge in [-0.05, 0) is 66.3 Å². The van der Waals surface area contributed by atoms with Crippen LogP contribution < -0.4 is 4.74 Å². The smallest absolute Gasteiger partial charge is 0.341 e.